The fraction of sp³-hybridized carbons (Fsp3) is 0.500. The van der Waals surface area contributed by atoms with Crippen LogP contribution in [0, 0.1) is 0 Å². The van der Waals surface area contributed by atoms with Gasteiger partial charge in [0.15, 0.2) is 0 Å². The average Bonchev–Trinajstić information content (AvgIpc) is 3.27. The van der Waals surface area contributed by atoms with Crippen molar-refractivity contribution in [2.75, 3.05) is 0 Å². The zero-order chi connectivity index (χ0) is 24.3. The van der Waals surface area contributed by atoms with Gasteiger partial charge in [0.1, 0.15) is 0 Å². The highest BCUT2D eigenvalue weighted by Crippen LogP contribution is 2.16. The molecule has 0 aromatic carbocycles. The van der Waals surface area contributed by atoms with Crippen molar-refractivity contribution in [3.8, 4) is 0 Å². The Balaban J connectivity index is 2.19. The van der Waals surface area contributed by atoms with E-state index in [1.165, 1.54) is 78.4 Å². The van der Waals surface area contributed by atoms with Crippen LogP contribution in [0.3, 0.4) is 0 Å². The van der Waals surface area contributed by atoms with Crippen LogP contribution in [0.2, 0.25) is 0 Å². The van der Waals surface area contributed by atoms with Crippen LogP contribution in [-0.4, -0.2) is 0 Å². The van der Waals surface area contributed by atoms with Gasteiger partial charge in [0.25, 0.3) is 0 Å². The highest BCUT2D eigenvalue weighted by atomic mass is 32.1. The summed E-state index contributed by atoms with van der Waals surface area (Å²) in [5.41, 5.74) is 8.99. The molecular formula is C32H48S. The molecule has 0 saturated carbocycles. The Bertz CT molecular complexity index is 809. The maximum Gasteiger partial charge on any atom is -0.00611 e. The van der Waals surface area contributed by atoms with E-state index in [0.29, 0.717) is 0 Å². The molecule has 1 heterocycles. The molecule has 0 radical (unpaired) electrons. The van der Waals surface area contributed by atoms with E-state index in [1.807, 2.05) is 6.08 Å². The Hall–Kier alpha value is -1.86. The second-order valence-corrected chi connectivity index (χ2v) is 10.4. The summed E-state index contributed by atoms with van der Waals surface area (Å²) in [5.74, 6) is 0. The predicted octanol–water partition coefficient (Wildman–Crippen LogP) is 11.1. The topological polar surface area (TPSA) is 0 Å². The minimum Gasteiger partial charge on any atom is -0.152 e. The summed E-state index contributed by atoms with van der Waals surface area (Å²) in [7, 11) is 0. The third kappa shape index (κ3) is 16.4. The van der Waals surface area contributed by atoms with Crippen molar-refractivity contribution in [2.24, 2.45) is 0 Å². The summed E-state index contributed by atoms with van der Waals surface area (Å²) in [4.78, 5) is 0. The van der Waals surface area contributed by atoms with Crippen LogP contribution in [0.5, 0.6) is 0 Å². The fourth-order valence-corrected chi connectivity index (χ4v) is 4.53. The normalized spacial score (nSPS) is 14.2. The number of rotatable bonds is 17. The monoisotopic (exact) mass is 464 g/mol. The van der Waals surface area contributed by atoms with Crippen molar-refractivity contribution in [3.63, 3.8) is 0 Å². The van der Waals surface area contributed by atoms with Crippen LogP contribution in [0.25, 0.3) is 0 Å². The Morgan fingerprint density at radius 3 is 1.48 bits per heavy atom. The second kappa shape index (κ2) is 18.6. The maximum absolute atomic E-state index is 3.80. The van der Waals surface area contributed by atoms with Crippen molar-refractivity contribution in [1.29, 1.82) is 0 Å². The Morgan fingerprint density at radius 1 is 0.667 bits per heavy atom. The largest absolute Gasteiger partial charge is 0.152 e. The lowest BCUT2D eigenvalue weighted by Crippen LogP contribution is -1.84. The van der Waals surface area contributed by atoms with Gasteiger partial charge < -0.3 is 0 Å². The van der Waals surface area contributed by atoms with Gasteiger partial charge in [-0.3, -0.25) is 0 Å². The molecule has 0 N–H and O–H groups in total. The molecule has 0 aliphatic carbocycles. The second-order valence-electron chi connectivity index (χ2n) is 9.57. The quantitative estimate of drug-likeness (QED) is 0.201. The summed E-state index contributed by atoms with van der Waals surface area (Å²) in [5, 5.41) is 4.43. The lowest BCUT2D eigenvalue weighted by atomic mass is 10.0. The number of aryl methyl sites for hydroxylation is 1. The minimum absolute atomic E-state index is 1.01. The first-order chi connectivity index (χ1) is 15.9. The fourth-order valence-electron chi connectivity index (χ4n) is 3.82. The standard InChI is InChI=1S/C32H48S/c1-7-13-27(2)14-8-15-28(3)16-9-17-29(4)18-10-19-30(5)20-11-21-31(6)22-12-23-32-24-25-33-26-32/h7,14,16,18,20,22,24-26H,1,8-13,15,17,19,21,23H2,2-6H3. The SMILES string of the molecule is C=CCC(C)=CCCC(C)=CCCC(C)=CCCC(C)=CCCC(C)=CCCc1ccsc1. The molecule has 33 heavy (non-hydrogen) atoms. The van der Waals surface area contributed by atoms with E-state index in [0.717, 1.165) is 25.7 Å². The van der Waals surface area contributed by atoms with Crippen molar-refractivity contribution in [2.45, 2.75) is 105 Å². The molecule has 0 amide bonds. The molecule has 0 unspecified atom stereocenters. The highest BCUT2D eigenvalue weighted by molar-refractivity contribution is 7.07. The van der Waals surface area contributed by atoms with E-state index in [1.54, 1.807) is 11.3 Å². The highest BCUT2D eigenvalue weighted by Gasteiger charge is 1.96. The summed E-state index contributed by atoms with van der Waals surface area (Å²) in [6.07, 6.45) is 26.8. The molecule has 0 saturated heterocycles. The van der Waals surface area contributed by atoms with Crippen LogP contribution in [0.1, 0.15) is 104 Å². The molecular weight excluding hydrogens is 416 g/mol. The molecule has 0 atom stereocenters. The number of hydrogen-bond acceptors (Lipinski definition) is 1. The van der Waals surface area contributed by atoms with E-state index in [9.17, 15) is 0 Å². The van der Waals surface area contributed by atoms with Gasteiger partial charge in [-0.05, 0) is 128 Å². The number of thiophene rings is 1. The third-order valence-electron chi connectivity index (χ3n) is 6.10. The molecule has 0 bridgehead atoms. The van der Waals surface area contributed by atoms with E-state index in [2.05, 4.69) is 88.4 Å². The average molecular weight is 465 g/mol. The van der Waals surface area contributed by atoms with Crippen LogP contribution < -0.4 is 0 Å². The predicted molar refractivity (Wildman–Crippen MR) is 153 cm³/mol. The zero-order valence-electron chi connectivity index (χ0n) is 22.1. The van der Waals surface area contributed by atoms with Crippen LogP contribution in [0.15, 0.2) is 87.7 Å². The van der Waals surface area contributed by atoms with Gasteiger partial charge in [0.2, 0.25) is 0 Å². The molecule has 1 aromatic heterocycles. The Kier molecular flexibility index (Phi) is 16.4. The molecule has 0 fully saturated rings. The maximum atomic E-state index is 3.80. The van der Waals surface area contributed by atoms with Gasteiger partial charge in [-0.1, -0.05) is 64.3 Å². The van der Waals surface area contributed by atoms with Gasteiger partial charge in [0, 0.05) is 0 Å². The van der Waals surface area contributed by atoms with Gasteiger partial charge >= 0.3 is 0 Å². The van der Waals surface area contributed by atoms with Crippen molar-refractivity contribution in [3.05, 3.63) is 93.3 Å². The number of hydrogen-bond donors (Lipinski definition) is 0. The molecule has 1 rings (SSSR count). The first kappa shape index (κ1) is 29.2. The van der Waals surface area contributed by atoms with E-state index < -0.39 is 0 Å². The van der Waals surface area contributed by atoms with Gasteiger partial charge in [0.05, 0.1) is 0 Å². The molecule has 0 spiro atoms. The lowest BCUT2D eigenvalue weighted by Gasteiger charge is -2.03. The summed E-state index contributed by atoms with van der Waals surface area (Å²) < 4.78 is 0. The number of allylic oxidation sites excluding steroid dienone is 11. The van der Waals surface area contributed by atoms with Crippen molar-refractivity contribution in [1.82, 2.24) is 0 Å². The van der Waals surface area contributed by atoms with Crippen molar-refractivity contribution >= 4 is 11.3 Å². The summed E-state index contributed by atoms with van der Waals surface area (Å²) in [6, 6.07) is 2.24. The molecule has 0 nitrogen and oxygen atoms in total. The van der Waals surface area contributed by atoms with Gasteiger partial charge in [-0.25, -0.2) is 0 Å². The smallest absolute Gasteiger partial charge is 0.00611 e. The third-order valence-corrected chi connectivity index (χ3v) is 6.83. The van der Waals surface area contributed by atoms with E-state index in [4.69, 9.17) is 0 Å². The summed E-state index contributed by atoms with van der Waals surface area (Å²) in [6.45, 7) is 15.1. The molecule has 1 heteroatoms. The van der Waals surface area contributed by atoms with Crippen molar-refractivity contribution < 1.29 is 0 Å². The first-order valence-electron chi connectivity index (χ1n) is 12.8. The van der Waals surface area contributed by atoms with Crippen LogP contribution in [0.4, 0.5) is 0 Å². The molecule has 1 aromatic rings. The minimum atomic E-state index is 1.01. The molecule has 182 valence electrons. The molecule has 0 aliphatic heterocycles. The van der Waals surface area contributed by atoms with Crippen LogP contribution >= 0.6 is 11.3 Å². The van der Waals surface area contributed by atoms with E-state index in [-0.39, 0.29) is 0 Å². The lowest BCUT2D eigenvalue weighted by molar-refractivity contribution is 0.887. The molecule has 0 aliphatic rings. The van der Waals surface area contributed by atoms with E-state index >= 15 is 0 Å². The van der Waals surface area contributed by atoms with Gasteiger partial charge in [-0.15, -0.1) is 6.58 Å². The Morgan fingerprint density at radius 2 is 1.09 bits per heavy atom. The van der Waals surface area contributed by atoms with Gasteiger partial charge in [-0.2, -0.15) is 11.3 Å². The van der Waals surface area contributed by atoms with Crippen LogP contribution in [-0.2, 0) is 6.42 Å². The zero-order valence-corrected chi connectivity index (χ0v) is 22.9. The first-order valence-corrected chi connectivity index (χ1v) is 13.7. The summed E-state index contributed by atoms with van der Waals surface area (Å²) >= 11 is 1.79. The Labute approximate surface area is 209 Å².